The summed E-state index contributed by atoms with van der Waals surface area (Å²) in [6.07, 6.45) is 0. The SMILES string of the molecule is Cc1ccc(COC(=O)c2c(C)c(C)cc(C)c2OC(=O)C(=O)Oc2c(C)cc(C)c(C)c2C(=O)OCc2ccc(C)cc2)cc1. The van der Waals surface area contributed by atoms with Crippen molar-refractivity contribution in [2.45, 2.75) is 68.6 Å². The average Bonchev–Trinajstić information content (AvgIpc) is 3.01. The number of hydrogen-bond donors (Lipinski definition) is 0. The number of rotatable bonds is 8. The van der Waals surface area contributed by atoms with E-state index in [1.807, 2.05) is 76.2 Å². The van der Waals surface area contributed by atoms with E-state index in [4.69, 9.17) is 18.9 Å². The Balaban J connectivity index is 1.56. The van der Waals surface area contributed by atoms with Gasteiger partial charge < -0.3 is 18.9 Å². The number of carbonyl (C=O) groups is 4. The predicted octanol–water partition coefficient (Wildman–Crippen LogP) is 7.38. The molecule has 0 saturated carbocycles. The topological polar surface area (TPSA) is 105 Å². The van der Waals surface area contributed by atoms with Crippen molar-refractivity contribution in [1.29, 1.82) is 0 Å². The highest BCUT2D eigenvalue weighted by molar-refractivity contribution is 6.31. The van der Waals surface area contributed by atoms with Gasteiger partial charge >= 0.3 is 23.9 Å². The number of carbonyl (C=O) groups excluding carboxylic acids is 4. The van der Waals surface area contributed by atoms with Gasteiger partial charge in [-0.3, -0.25) is 0 Å². The monoisotopic (exact) mass is 622 g/mol. The van der Waals surface area contributed by atoms with Gasteiger partial charge in [0.2, 0.25) is 0 Å². The van der Waals surface area contributed by atoms with E-state index < -0.39 is 23.9 Å². The fourth-order valence-electron chi connectivity index (χ4n) is 4.96. The molecule has 8 heteroatoms. The Hall–Kier alpha value is -5.24. The first-order valence-electron chi connectivity index (χ1n) is 14.9. The molecule has 4 aromatic rings. The van der Waals surface area contributed by atoms with Crippen LogP contribution in [0.2, 0.25) is 0 Å². The highest BCUT2D eigenvalue weighted by atomic mass is 16.6. The Morgan fingerprint density at radius 1 is 0.478 bits per heavy atom. The average molecular weight is 623 g/mol. The molecule has 0 saturated heterocycles. The van der Waals surface area contributed by atoms with Crippen LogP contribution >= 0.6 is 0 Å². The van der Waals surface area contributed by atoms with E-state index in [-0.39, 0.29) is 35.8 Å². The number of benzene rings is 4. The Morgan fingerprint density at radius 3 is 1.13 bits per heavy atom. The molecule has 0 heterocycles. The maximum atomic E-state index is 13.3. The van der Waals surface area contributed by atoms with Crippen LogP contribution in [0.15, 0.2) is 60.7 Å². The maximum Gasteiger partial charge on any atom is 0.423 e. The molecule has 0 radical (unpaired) electrons. The molecule has 0 N–H and O–H groups in total. The Labute approximate surface area is 269 Å². The van der Waals surface area contributed by atoms with Crippen LogP contribution in [0.3, 0.4) is 0 Å². The van der Waals surface area contributed by atoms with Crippen molar-refractivity contribution in [2.75, 3.05) is 0 Å². The zero-order valence-electron chi connectivity index (χ0n) is 27.5. The van der Waals surface area contributed by atoms with Gasteiger partial charge in [0.1, 0.15) is 35.8 Å². The first-order valence-corrected chi connectivity index (χ1v) is 14.9. The van der Waals surface area contributed by atoms with Crippen molar-refractivity contribution >= 4 is 23.9 Å². The molecule has 0 aliphatic heterocycles. The highest BCUT2D eigenvalue weighted by Crippen LogP contribution is 2.33. The van der Waals surface area contributed by atoms with Gasteiger partial charge in [0.15, 0.2) is 0 Å². The first kappa shape index (κ1) is 33.6. The summed E-state index contributed by atoms with van der Waals surface area (Å²) in [5.41, 5.74) is 7.35. The molecule has 8 nitrogen and oxygen atoms in total. The third-order valence-corrected chi connectivity index (χ3v) is 7.91. The summed E-state index contributed by atoms with van der Waals surface area (Å²) in [5.74, 6) is -4.35. The van der Waals surface area contributed by atoms with Crippen molar-refractivity contribution in [3.05, 3.63) is 127 Å². The van der Waals surface area contributed by atoms with Crippen molar-refractivity contribution < 1.29 is 38.1 Å². The van der Waals surface area contributed by atoms with Crippen molar-refractivity contribution in [2.24, 2.45) is 0 Å². The van der Waals surface area contributed by atoms with Crippen LogP contribution in [0, 0.1) is 55.4 Å². The van der Waals surface area contributed by atoms with Gasteiger partial charge in [0.25, 0.3) is 0 Å². The second kappa shape index (κ2) is 14.2. The minimum atomic E-state index is -1.37. The lowest BCUT2D eigenvalue weighted by Gasteiger charge is -2.18. The lowest BCUT2D eigenvalue weighted by molar-refractivity contribution is -0.156. The van der Waals surface area contributed by atoms with Gasteiger partial charge in [-0.2, -0.15) is 0 Å². The summed E-state index contributed by atoms with van der Waals surface area (Å²) in [5, 5.41) is 0. The number of ether oxygens (including phenoxy) is 4. The highest BCUT2D eigenvalue weighted by Gasteiger charge is 2.30. The van der Waals surface area contributed by atoms with E-state index >= 15 is 0 Å². The molecule has 4 rings (SSSR count). The molecule has 0 spiro atoms. The standard InChI is InChI=1S/C38H38O8/c1-21-9-13-29(14-10-21)19-43-35(39)31-27(7)23(3)17-25(5)33(31)45-37(41)38(42)46-34-26(6)18-24(4)28(8)32(34)36(40)44-20-30-15-11-22(2)12-16-30/h9-18H,19-20H2,1-8H3. The molecule has 0 aliphatic rings. The van der Waals surface area contributed by atoms with Gasteiger partial charge in [-0.1, -0.05) is 71.8 Å². The van der Waals surface area contributed by atoms with Crippen LogP contribution in [0.25, 0.3) is 0 Å². The van der Waals surface area contributed by atoms with E-state index in [0.29, 0.717) is 22.3 Å². The summed E-state index contributed by atoms with van der Waals surface area (Å²) in [4.78, 5) is 53.0. The lowest BCUT2D eigenvalue weighted by Crippen LogP contribution is -2.28. The van der Waals surface area contributed by atoms with E-state index in [1.54, 1.807) is 39.8 Å². The van der Waals surface area contributed by atoms with Gasteiger partial charge in [0, 0.05) is 0 Å². The van der Waals surface area contributed by atoms with E-state index in [2.05, 4.69) is 0 Å². The van der Waals surface area contributed by atoms with Crippen molar-refractivity contribution in [1.82, 2.24) is 0 Å². The number of esters is 4. The van der Waals surface area contributed by atoms with Gasteiger partial charge in [0.05, 0.1) is 0 Å². The largest absolute Gasteiger partial charge is 0.457 e. The van der Waals surface area contributed by atoms with Crippen LogP contribution in [-0.4, -0.2) is 23.9 Å². The molecule has 238 valence electrons. The fourth-order valence-corrected chi connectivity index (χ4v) is 4.96. The molecule has 0 aromatic heterocycles. The first-order chi connectivity index (χ1) is 21.8. The Bertz CT molecular complexity index is 1680. The lowest BCUT2D eigenvalue weighted by atomic mass is 9.98. The zero-order valence-corrected chi connectivity index (χ0v) is 27.5. The summed E-state index contributed by atoms with van der Waals surface area (Å²) in [6.45, 7) is 14.3. The van der Waals surface area contributed by atoms with Gasteiger partial charge in [-0.15, -0.1) is 0 Å². The molecule has 0 aliphatic carbocycles. The van der Waals surface area contributed by atoms with Crippen LogP contribution in [-0.2, 0) is 32.3 Å². The number of hydrogen-bond acceptors (Lipinski definition) is 8. The third-order valence-electron chi connectivity index (χ3n) is 7.91. The third kappa shape index (κ3) is 7.69. The molecule has 46 heavy (non-hydrogen) atoms. The van der Waals surface area contributed by atoms with Crippen molar-refractivity contribution in [3.63, 3.8) is 0 Å². The molecule has 0 unspecified atom stereocenters. The quantitative estimate of drug-likeness (QED) is 0.114. The molecule has 0 amide bonds. The van der Waals surface area contributed by atoms with Gasteiger partial charge in [-0.25, -0.2) is 19.2 Å². The Kier molecular flexibility index (Phi) is 10.4. The Morgan fingerprint density at radius 2 is 0.804 bits per heavy atom. The molecular formula is C38H38O8. The molecule has 4 aromatic carbocycles. The zero-order chi connectivity index (χ0) is 33.7. The molecular weight excluding hydrogens is 584 g/mol. The van der Waals surface area contributed by atoms with E-state index in [9.17, 15) is 19.2 Å². The summed E-state index contributed by atoms with van der Waals surface area (Å²) < 4.78 is 22.2. The van der Waals surface area contributed by atoms with Crippen LogP contribution < -0.4 is 9.47 Å². The second-order valence-corrected chi connectivity index (χ2v) is 11.6. The summed E-state index contributed by atoms with van der Waals surface area (Å²) in [7, 11) is 0. The van der Waals surface area contributed by atoms with E-state index in [0.717, 1.165) is 33.4 Å². The fraction of sp³-hybridized carbons (Fsp3) is 0.263. The summed E-state index contributed by atoms with van der Waals surface area (Å²) >= 11 is 0. The normalized spacial score (nSPS) is 10.7. The van der Waals surface area contributed by atoms with E-state index in [1.165, 1.54) is 0 Å². The molecule has 0 atom stereocenters. The van der Waals surface area contributed by atoms with Crippen LogP contribution in [0.5, 0.6) is 11.5 Å². The predicted molar refractivity (Wildman–Crippen MR) is 173 cm³/mol. The van der Waals surface area contributed by atoms with Crippen LogP contribution in [0.1, 0.15) is 76.4 Å². The maximum absolute atomic E-state index is 13.3. The van der Waals surface area contributed by atoms with Gasteiger partial charge in [-0.05, 0) is 99.9 Å². The molecule has 0 fully saturated rings. The van der Waals surface area contributed by atoms with Crippen LogP contribution in [0.4, 0.5) is 0 Å². The van der Waals surface area contributed by atoms with Crippen molar-refractivity contribution in [3.8, 4) is 11.5 Å². The smallest absolute Gasteiger partial charge is 0.423 e. The summed E-state index contributed by atoms with van der Waals surface area (Å²) in [6, 6.07) is 18.6. The molecule has 0 bridgehead atoms. The minimum Gasteiger partial charge on any atom is -0.457 e. The number of aryl methyl sites for hydroxylation is 6. The minimum absolute atomic E-state index is 0.00973. The second-order valence-electron chi connectivity index (χ2n) is 11.6.